The maximum absolute atomic E-state index is 12.9. The van der Waals surface area contributed by atoms with Crippen LogP contribution in [0.25, 0.3) is 5.52 Å². The molecule has 168 valence electrons. The van der Waals surface area contributed by atoms with E-state index in [4.69, 9.17) is 9.31 Å². The van der Waals surface area contributed by atoms with Gasteiger partial charge in [-0.05, 0) is 77.5 Å². The Hall–Kier alpha value is -1.91. The first-order chi connectivity index (χ1) is 14.2. The molecule has 0 aliphatic carbocycles. The summed E-state index contributed by atoms with van der Waals surface area (Å²) < 4.78 is 37.5. The van der Waals surface area contributed by atoms with E-state index in [0.29, 0.717) is 18.5 Å². The smallest absolute Gasteiger partial charge is 0.399 e. The van der Waals surface area contributed by atoms with E-state index in [1.54, 1.807) is 10.6 Å². The van der Waals surface area contributed by atoms with Gasteiger partial charge in [-0.25, -0.2) is 12.9 Å². The molecule has 2 aromatic rings. The minimum Gasteiger partial charge on any atom is -0.399 e. The standard InChI is InChI=1S/C21H30BN3O5S/c1-14-13-25-15(11-16(14)22-29-19(2,3)20(4,5)30-22)12-17(24-25)18(26)23-21(6)7-9-31(27,28)10-8-21/h11-13H,7-10H2,1-6H3,(H,23,26). The van der Waals surface area contributed by atoms with Crippen LogP contribution in [0.15, 0.2) is 18.3 Å². The Labute approximate surface area is 183 Å². The number of aryl methyl sites for hydroxylation is 1. The van der Waals surface area contributed by atoms with Crippen molar-refractivity contribution in [2.75, 3.05) is 11.5 Å². The van der Waals surface area contributed by atoms with Crippen LogP contribution in [0, 0.1) is 6.92 Å². The zero-order valence-corrected chi connectivity index (χ0v) is 19.8. The second-order valence-electron chi connectivity index (χ2n) is 10.1. The van der Waals surface area contributed by atoms with Gasteiger partial charge in [-0.3, -0.25) is 4.79 Å². The van der Waals surface area contributed by atoms with E-state index in [9.17, 15) is 13.2 Å². The molecule has 2 aromatic heterocycles. The second kappa shape index (κ2) is 7.05. The highest BCUT2D eigenvalue weighted by atomic mass is 32.2. The maximum atomic E-state index is 12.9. The molecule has 0 saturated carbocycles. The SMILES string of the molecule is Cc1cn2nc(C(=O)NC3(C)CCS(=O)(=O)CC3)cc2cc1B1OC(C)(C)C(C)(C)O1. The highest BCUT2D eigenvalue weighted by Gasteiger charge is 2.52. The molecule has 10 heteroatoms. The fourth-order valence-electron chi connectivity index (χ4n) is 3.94. The molecule has 2 saturated heterocycles. The summed E-state index contributed by atoms with van der Waals surface area (Å²) in [5.41, 5.74) is 1.47. The van der Waals surface area contributed by atoms with Crippen molar-refractivity contribution in [2.24, 2.45) is 0 Å². The monoisotopic (exact) mass is 447 g/mol. The Balaban J connectivity index is 1.57. The molecule has 8 nitrogen and oxygen atoms in total. The number of pyridine rings is 1. The molecule has 4 rings (SSSR count). The number of amides is 1. The van der Waals surface area contributed by atoms with Crippen molar-refractivity contribution in [3.63, 3.8) is 0 Å². The van der Waals surface area contributed by atoms with Crippen molar-refractivity contribution in [2.45, 2.75) is 71.1 Å². The summed E-state index contributed by atoms with van der Waals surface area (Å²) in [4.78, 5) is 12.9. The predicted molar refractivity (Wildman–Crippen MR) is 119 cm³/mol. The number of aromatic nitrogens is 2. The molecule has 1 N–H and O–H groups in total. The zero-order valence-electron chi connectivity index (χ0n) is 19.0. The van der Waals surface area contributed by atoms with E-state index < -0.39 is 33.7 Å². The molecule has 2 fully saturated rings. The van der Waals surface area contributed by atoms with Crippen LogP contribution in [0.2, 0.25) is 0 Å². The number of hydrogen-bond donors (Lipinski definition) is 1. The van der Waals surface area contributed by atoms with Gasteiger partial charge in [0, 0.05) is 11.7 Å². The number of rotatable bonds is 3. The third kappa shape index (κ3) is 4.13. The summed E-state index contributed by atoms with van der Waals surface area (Å²) in [7, 11) is -3.50. The van der Waals surface area contributed by atoms with E-state index in [1.807, 2.05) is 53.8 Å². The van der Waals surface area contributed by atoms with Gasteiger partial charge in [-0.2, -0.15) is 5.10 Å². The van der Waals surface area contributed by atoms with Gasteiger partial charge in [-0.15, -0.1) is 0 Å². The number of carbonyl (C=O) groups is 1. The molecule has 0 radical (unpaired) electrons. The topological polar surface area (TPSA) is 99.0 Å². The normalized spacial score (nSPS) is 23.7. The molecule has 0 spiro atoms. The lowest BCUT2D eigenvalue weighted by Gasteiger charge is -2.34. The Morgan fingerprint density at radius 3 is 2.26 bits per heavy atom. The number of hydrogen-bond acceptors (Lipinski definition) is 6. The van der Waals surface area contributed by atoms with Crippen molar-refractivity contribution < 1.29 is 22.5 Å². The lowest BCUT2D eigenvalue weighted by atomic mass is 9.77. The zero-order chi connectivity index (χ0) is 22.8. The molecule has 0 bridgehead atoms. The van der Waals surface area contributed by atoms with E-state index in [-0.39, 0.29) is 17.4 Å². The first-order valence-electron chi connectivity index (χ1n) is 10.6. The van der Waals surface area contributed by atoms with Crippen LogP contribution >= 0.6 is 0 Å². The van der Waals surface area contributed by atoms with Gasteiger partial charge in [0.25, 0.3) is 5.91 Å². The minimum absolute atomic E-state index is 0.0889. The lowest BCUT2D eigenvalue weighted by molar-refractivity contribution is 0.00578. The summed E-state index contributed by atoms with van der Waals surface area (Å²) in [6.45, 7) is 11.9. The molecule has 1 amide bonds. The molecule has 0 unspecified atom stereocenters. The van der Waals surface area contributed by atoms with Gasteiger partial charge < -0.3 is 14.6 Å². The quantitative estimate of drug-likeness (QED) is 0.719. The Kier molecular flexibility index (Phi) is 5.07. The van der Waals surface area contributed by atoms with Crippen molar-refractivity contribution in [1.29, 1.82) is 0 Å². The molecule has 0 aromatic carbocycles. The minimum atomic E-state index is -3.00. The summed E-state index contributed by atoms with van der Waals surface area (Å²) in [6, 6.07) is 3.67. The van der Waals surface area contributed by atoms with Crippen LogP contribution in [0.5, 0.6) is 0 Å². The van der Waals surface area contributed by atoms with Crippen LogP contribution < -0.4 is 10.8 Å². The van der Waals surface area contributed by atoms with Gasteiger partial charge in [0.15, 0.2) is 5.69 Å². The lowest BCUT2D eigenvalue weighted by Crippen LogP contribution is -2.51. The first-order valence-corrected chi connectivity index (χ1v) is 12.4. The molecule has 4 heterocycles. The molecular formula is C21H30BN3O5S. The average molecular weight is 447 g/mol. The van der Waals surface area contributed by atoms with Crippen molar-refractivity contribution in [1.82, 2.24) is 14.9 Å². The molecule has 0 atom stereocenters. The molecule has 2 aliphatic heterocycles. The number of nitrogens with zero attached hydrogens (tertiary/aromatic N) is 2. The second-order valence-corrected chi connectivity index (χ2v) is 12.4. The molecule has 31 heavy (non-hydrogen) atoms. The summed E-state index contributed by atoms with van der Waals surface area (Å²) in [5, 5.41) is 7.42. The van der Waals surface area contributed by atoms with E-state index in [0.717, 1.165) is 16.5 Å². The van der Waals surface area contributed by atoms with Gasteiger partial charge in [0.1, 0.15) is 9.84 Å². The predicted octanol–water partition coefficient (Wildman–Crippen LogP) is 1.64. The van der Waals surface area contributed by atoms with Crippen LogP contribution in [0.3, 0.4) is 0 Å². The van der Waals surface area contributed by atoms with Gasteiger partial charge >= 0.3 is 7.12 Å². The number of fused-ring (bicyclic) bond motifs is 1. The number of nitrogens with one attached hydrogen (secondary N) is 1. The van der Waals surface area contributed by atoms with Crippen molar-refractivity contribution in [3.05, 3.63) is 29.6 Å². The van der Waals surface area contributed by atoms with E-state index in [2.05, 4.69) is 10.4 Å². The Morgan fingerprint density at radius 1 is 1.10 bits per heavy atom. The molecular weight excluding hydrogens is 417 g/mol. The van der Waals surface area contributed by atoms with Gasteiger partial charge in [0.05, 0.1) is 28.2 Å². The summed E-state index contributed by atoms with van der Waals surface area (Å²) in [6.07, 6.45) is 2.67. The van der Waals surface area contributed by atoms with E-state index in [1.165, 1.54) is 0 Å². The maximum Gasteiger partial charge on any atom is 0.495 e. The number of carbonyl (C=O) groups excluding carboxylic acids is 1. The third-order valence-corrected chi connectivity index (χ3v) is 8.58. The van der Waals surface area contributed by atoms with Crippen molar-refractivity contribution >= 4 is 33.8 Å². The highest BCUT2D eigenvalue weighted by Crippen LogP contribution is 2.36. The van der Waals surface area contributed by atoms with Gasteiger partial charge in [-0.1, -0.05) is 0 Å². The van der Waals surface area contributed by atoms with Crippen LogP contribution in [0.1, 0.15) is 63.5 Å². The Morgan fingerprint density at radius 2 is 1.68 bits per heavy atom. The van der Waals surface area contributed by atoms with E-state index >= 15 is 0 Å². The summed E-state index contributed by atoms with van der Waals surface area (Å²) >= 11 is 0. The number of sulfone groups is 1. The fraction of sp³-hybridized carbons (Fsp3) is 0.619. The van der Waals surface area contributed by atoms with Crippen LogP contribution in [-0.4, -0.2) is 59.3 Å². The van der Waals surface area contributed by atoms with Crippen molar-refractivity contribution in [3.8, 4) is 0 Å². The Bertz CT molecular complexity index is 1130. The fourth-order valence-corrected chi connectivity index (χ4v) is 5.67. The van der Waals surface area contributed by atoms with Gasteiger partial charge in [0.2, 0.25) is 0 Å². The average Bonchev–Trinajstić information content (AvgIpc) is 3.14. The first kappa shape index (κ1) is 22.3. The largest absolute Gasteiger partial charge is 0.495 e. The molecule has 2 aliphatic rings. The highest BCUT2D eigenvalue weighted by molar-refractivity contribution is 7.91. The van der Waals surface area contributed by atoms with Crippen LogP contribution in [0.4, 0.5) is 0 Å². The summed E-state index contributed by atoms with van der Waals surface area (Å²) in [5.74, 6) is -0.127. The third-order valence-electron chi connectivity index (χ3n) is 6.92. The van der Waals surface area contributed by atoms with Crippen LogP contribution in [-0.2, 0) is 19.1 Å².